The van der Waals surface area contributed by atoms with Gasteiger partial charge in [0.15, 0.2) is 0 Å². The predicted molar refractivity (Wildman–Crippen MR) is 78.8 cm³/mol. The van der Waals surface area contributed by atoms with E-state index in [1.54, 1.807) is 12.3 Å². The van der Waals surface area contributed by atoms with E-state index in [1.807, 2.05) is 12.1 Å². The fourth-order valence-corrected chi connectivity index (χ4v) is 2.75. The summed E-state index contributed by atoms with van der Waals surface area (Å²) in [5, 5.41) is 13.6. The number of aromatic nitrogens is 3. The van der Waals surface area contributed by atoms with Crippen molar-refractivity contribution in [1.82, 2.24) is 14.8 Å². The molecule has 2 aromatic rings. The molecule has 0 radical (unpaired) electrons. The maximum Gasteiger partial charge on any atom is 0.138 e. The van der Waals surface area contributed by atoms with Crippen molar-refractivity contribution in [2.45, 2.75) is 51.4 Å². The van der Waals surface area contributed by atoms with Gasteiger partial charge in [-0.05, 0) is 31.0 Å². The Bertz CT molecular complexity index is 559. The van der Waals surface area contributed by atoms with Crippen LogP contribution in [0, 0.1) is 0 Å². The van der Waals surface area contributed by atoms with Crippen molar-refractivity contribution in [3.63, 3.8) is 0 Å². The molecule has 0 saturated heterocycles. The number of rotatable bonds is 5. The van der Waals surface area contributed by atoms with E-state index in [0.717, 1.165) is 5.69 Å². The van der Waals surface area contributed by atoms with Crippen molar-refractivity contribution in [2.24, 2.45) is 0 Å². The lowest BCUT2D eigenvalue weighted by molar-refractivity contribution is 0.274. The van der Waals surface area contributed by atoms with Crippen molar-refractivity contribution in [3.05, 3.63) is 42.0 Å². The summed E-state index contributed by atoms with van der Waals surface area (Å²) in [7, 11) is 0. The summed E-state index contributed by atoms with van der Waals surface area (Å²) < 4.78 is 7.76. The summed E-state index contributed by atoms with van der Waals surface area (Å²) in [6, 6.07) is 6.15. The number of ether oxygens (including phenoxy) is 1. The Kier molecular flexibility index (Phi) is 4.50. The van der Waals surface area contributed by atoms with Gasteiger partial charge in [-0.3, -0.25) is 9.67 Å². The molecule has 0 aromatic carbocycles. The zero-order valence-electron chi connectivity index (χ0n) is 12.1. The van der Waals surface area contributed by atoms with Gasteiger partial charge in [0, 0.05) is 6.20 Å². The largest absolute Gasteiger partial charge is 0.486 e. The van der Waals surface area contributed by atoms with Crippen LogP contribution in [0.3, 0.4) is 0 Å². The highest BCUT2D eigenvalue weighted by molar-refractivity contribution is 5.19. The average Bonchev–Trinajstić information content (AvgIpc) is 3.03. The van der Waals surface area contributed by atoms with Gasteiger partial charge in [0.25, 0.3) is 0 Å². The van der Waals surface area contributed by atoms with E-state index >= 15 is 0 Å². The Labute approximate surface area is 124 Å². The molecule has 0 bridgehead atoms. The molecule has 3 rings (SSSR count). The SMILES string of the molecule is OCc1ccc(OCc2ccn(C3CCCCC3)n2)cn1. The minimum absolute atomic E-state index is 0.0495. The molecule has 0 amide bonds. The van der Waals surface area contributed by atoms with Gasteiger partial charge in [-0.1, -0.05) is 19.3 Å². The summed E-state index contributed by atoms with van der Waals surface area (Å²) in [5.74, 6) is 0.694. The topological polar surface area (TPSA) is 60.2 Å². The van der Waals surface area contributed by atoms with Crippen molar-refractivity contribution in [2.75, 3.05) is 0 Å². The van der Waals surface area contributed by atoms with Crippen LogP contribution < -0.4 is 4.74 Å². The van der Waals surface area contributed by atoms with E-state index in [2.05, 4.69) is 21.0 Å². The lowest BCUT2D eigenvalue weighted by Crippen LogP contribution is -2.13. The average molecular weight is 287 g/mol. The van der Waals surface area contributed by atoms with Gasteiger partial charge in [-0.15, -0.1) is 0 Å². The van der Waals surface area contributed by atoms with Crippen molar-refractivity contribution >= 4 is 0 Å². The minimum Gasteiger partial charge on any atom is -0.486 e. The van der Waals surface area contributed by atoms with Crippen LogP contribution in [-0.4, -0.2) is 19.9 Å². The van der Waals surface area contributed by atoms with Crippen LogP contribution >= 0.6 is 0 Å². The first-order valence-electron chi connectivity index (χ1n) is 7.58. The Hall–Kier alpha value is -1.88. The third-order valence-corrected chi connectivity index (χ3v) is 3.96. The molecule has 0 spiro atoms. The van der Waals surface area contributed by atoms with E-state index in [0.29, 0.717) is 24.1 Å². The van der Waals surface area contributed by atoms with Crippen molar-refractivity contribution < 1.29 is 9.84 Å². The molecule has 1 aliphatic carbocycles. The first-order valence-corrected chi connectivity index (χ1v) is 7.58. The first kappa shape index (κ1) is 14.1. The summed E-state index contributed by atoms with van der Waals surface area (Å²) in [6.07, 6.45) is 10.1. The predicted octanol–water partition coefficient (Wildman–Crippen LogP) is 2.85. The molecule has 0 atom stereocenters. The van der Waals surface area contributed by atoms with Crippen LogP contribution in [0.5, 0.6) is 5.75 Å². The van der Waals surface area contributed by atoms with Gasteiger partial charge in [0.2, 0.25) is 0 Å². The Morgan fingerprint density at radius 2 is 2.00 bits per heavy atom. The molecule has 1 aliphatic rings. The van der Waals surface area contributed by atoms with E-state index < -0.39 is 0 Å². The number of pyridine rings is 1. The molecule has 5 heteroatoms. The normalized spacial score (nSPS) is 16.0. The molecule has 2 heterocycles. The highest BCUT2D eigenvalue weighted by Gasteiger charge is 2.16. The monoisotopic (exact) mass is 287 g/mol. The second kappa shape index (κ2) is 6.72. The molecule has 0 unspecified atom stereocenters. The molecule has 1 N–H and O–H groups in total. The van der Waals surface area contributed by atoms with E-state index in [1.165, 1.54) is 32.1 Å². The van der Waals surface area contributed by atoms with Crippen LogP contribution in [0.2, 0.25) is 0 Å². The molecule has 1 saturated carbocycles. The van der Waals surface area contributed by atoms with Gasteiger partial charge < -0.3 is 9.84 Å². The molecule has 5 nitrogen and oxygen atoms in total. The summed E-state index contributed by atoms with van der Waals surface area (Å²) in [5.41, 5.74) is 1.58. The summed E-state index contributed by atoms with van der Waals surface area (Å²) in [6.45, 7) is 0.395. The van der Waals surface area contributed by atoms with Crippen LogP contribution in [0.1, 0.15) is 49.5 Å². The third kappa shape index (κ3) is 3.61. The maximum absolute atomic E-state index is 8.95. The zero-order chi connectivity index (χ0) is 14.5. The van der Waals surface area contributed by atoms with E-state index in [-0.39, 0.29) is 6.61 Å². The number of hydrogen-bond donors (Lipinski definition) is 1. The quantitative estimate of drug-likeness (QED) is 0.918. The van der Waals surface area contributed by atoms with Crippen LogP contribution in [0.25, 0.3) is 0 Å². The van der Waals surface area contributed by atoms with E-state index in [4.69, 9.17) is 9.84 Å². The lowest BCUT2D eigenvalue weighted by Gasteiger charge is -2.21. The van der Waals surface area contributed by atoms with Crippen LogP contribution in [-0.2, 0) is 13.2 Å². The minimum atomic E-state index is -0.0495. The molecule has 0 aliphatic heterocycles. The fourth-order valence-electron chi connectivity index (χ4n) is 2.75. The van der Waals surface area contributed by atoms with E-state index in [9.17, 15) is 0 Å². The summed E-state index contributed by atoms with van der Waals surface area (Å²) >= 11 is 0. The Morgan fingerprint density at radius 1 is 1.14 bits per heavy atom. The van der Waals surface area contributed by atoms with Crippen LogP contribution in [0.15, 0.2) is 30.6 Å². The third-order valence-electron chi connectivity index (χ3n) is 3.96. The molecular weight excluding hydrogens is 266 g/mol. The fraction of sp³-hybridized carbons (Fsp3) is 0.500. The molecule has 21 heavy (non-hydrogen) atoms. The molecule has 1 fully saturated rings. The standard InChI is InChI=1S/C16H21N3O2/c20-11-13-6-7-16(10-17-13)21-12-14-8-9-19(18-14)15-4-2-1-3-5-15/h6-10,15,20H,1-5,11-12H2. The Morgan fingerprint density at radius 3 is 2.71 bits per heavy atom. The molecule has 2 aromatic heterocycles. The van der Waals surface area contributed by atoms with Crippen molar-refractivity contribution in [1.29, 1.82) is 0 Å². The number of aliphatic hydroxyl groups excluding tert-OH is 1. The zero-order valence-corrected chi connectivity index (χ0v) is 12.1. The highest BCUT2D eigenvalue weighted by atomic mass is 16.5. The number of nitrogens with zero attached hydrogens (tertiary/aromatic N) is 3. The second-order valence-corrected chi connectivity index (χ2v) is 5.51. The number of aliphatic hydroxyl groups is 1. The Balaban J connectivity index is 1.56. The molecule has 112 valence electrons. The maximum atomic E-state index is 8.95. The summed E-state index contributed by atoms with van der Waals surface area (Å²) in [4.78, 5) is 4.09. The van der Waals surface area contributed by atoms with Gasteiger partial charge >= 0.3 is 0 Å². The van der Waals surface area contributed by atoms with Gasteiger partial charge in [-0.25, -0.2) is 0 Å². The van der Waals surface area contributed by atoms with Crippen LogP contribution in [0.4, 0.5) is 0 Å². The van der Waals surface area contributed by atoms with Gasteiger partial charge in [0.1, 0.15) is 12.4 Å². The first-order chi connectivity index (χ1) is 10.3. The molecular formula is C16H21N3O2. The van der Waals surface area contributed by atoms with Gasteiger partial charge in [0.05, 0.1) is 30.2 Å². The smallest absolute Gasteiger partial charge is 0.138 e. The van der Waals surface area contributed by atoms with Crippen molar-refractivity contribution in [3.8, 4) is 5.75 Å². The lowest BCUT2D eigenvalue weighted by atomic mass is 9.96. The highest BCUT2D eigenvalue weighted by Crippen LogP contribution is 2.27. The second-order valence-electron chi connectivity index (χ2n) is 5.51. The number of hydrogen-bond acceptors (Lipinski definition) is 4. The van der Waals surface area contributed by atoms with Gasteiger partial charge in [-0.2, -0.15) is 5.10 Å².